The highest BCUT2D eigenvalue weighted by Gasteiger charge is 2.30. The third kappa shape index (κ3) is 2.69. The molecular formula is C14H19ClN2O3. The summed E-state index contributed by atoms with van der Waals surface area (Å²) in [7, 11) is 0. The fraction of sp³-hybridized carbons (Fsp3) is 0.500. The summed E-state index contributed by atoms with van der Waals surface area (Å²) in [5, 5.41) is 3.32. The molecule has 0 saturated heterocycles. The van der Waals surface area contributed by atoms with Crippen LogP contribution >= 0.6 is 11.6 Å². The van der Waals surface area contributed by atoms with E-state index < -0.39 is 5.54 Å². The summed E-state index contributed by atoms with van der Waals surface area (Å²) >= 11 is 6.08. The van der Waals surface area contributed by atoms with Crippen molar-refractivity contribution in [3.8, 4) is 11.5 Å². The zero-order valence-electron chi connectivity index (χ0n) is 11.8. The third-order valence-electron chi connectivity index (χ3n) is 3.79. The average molecular weight is 299 g/mol. The first-order valence-corrected chi connectivity index (χ1v) is 6.87. The number of nitrogens with one attached hydrogen (secondary N) is 1. The van der Waals surface area contributed by atoms with Crippen LogP contribution in [0.5, 0.6) is 11.5 Å². The number of amides is 1. The van der Waals surface area contributed by atoms with E-state index in [-0.39, 0.29) is 18.6 Å². The Morgan fingerprint density at radius 3 is 2.80 bits per heavy atom. The first-order chi connectivity index (χ1) is 9.37. The van der Waals surface area contributed by atoms with Crippen molar-refractivity contribution in [1.29, 1.82) is 0 Å². The minimum Gasteiger partial charge on any atom is -0.454 e. The fourth-order valence-electron chi connectivity index (χ4n) is 1.86. The lowest BCUT2D eigenvalue weighted by Crippen LogP contribution is -2.55. The van der Waals surface area contributed by atoms with Crippen molar-refractivity contribution >= 4 is 17.5 Å². The number of fused-ring (bicyclic) bond motifs is 1. The molecule has 3 N–H and O–H groups in total. The van der Waals surface area contributed by atoms with Gasteiger partial charge in [-0.1, -0.05) is 25.4 Å². The number of nitrogens with two attached hydrogens (primary N) is 1. The minimum atomic E-state index is -0.472. The molecule has 0 aromatic heterocycles. The SMILES string of the molecule is CC(C)C(C)(CN)NC(=O)c1cc(Cl)c2c(c1)OCO2. The van der Waals surface area contributed by atoms with E-state index in [0.717, 1.165) is 0 Å². The minimum absolute atomic E-state index is 0.118. The molecule has 0 aliphatic carbocycles. The molecule has 2 rings (SSSR count). The second-order valence-corrected chi connectivity index (χ2v) is 5.83. The topological polar surface area (TPSA) is 73.6 Å². The second kappa shape index (κ2) is 5.50. The van der Waals surface area contributed by atoms with Crippen LogP contribution in [0, 0.1) is 5.92 Å². The summed E-state index contributed by atoms with van der Waals surface area (Å²) in [6, 6.07) is 3.20. The zero-order chi connectivity index (χ0) is 14.9. The van der Waals surface area contributed by atoms with E-state index in [1.54, 1.807) is 12.1 Å². The largest absolute Gasteiger partial charge is 0.454 e. The van der Waals surface area contributed by atoms with Crippen LogP contribution in [0.4, 0.5) is 0 Å². The van der Waals surface area contributed by atoms with Crippen LogP contribution in [0.1, 0.15) is 31.1 Å². The Labute approximate surface area is 123 Å². The Morgan fingerprint density at radius 2 is 2.20 bits per heavy atom. The van der Waals surface area contributed by atoms with Gasteiger partial charge in [-0.05, 0) is 25.0 Å². The summed E-state index contributed by atoms with van der Waals surface area (Å²) in [4.78, 5) is 12.4. The molecule has 1 aliphatic heterocycles. The standard InChI is InChI=1S/C14H19ClN2O3/c1-8(2)14(3,6-16)17-13(18)9-4-10(15)12-11(5-9)19-7-20-12/h4-5,8H,6-7,16H2,1-3H3,(H,17,18). The molecule has 1 heterocycles. The number of halogens is 1. The Hall–Kier alpha value is -1.46. The van der Waals surface area contributed by atoms with E-state index >= 15 is 0 Å². The number of hydrogen-bond donors (Lipinski definition) is 2. The van der Waals surface area contributed by atoms with Gasteiger partial charge in [-0.3, -0.25) is 4.79 Å². The molecule has 5 nitrogen and oxygen atoms in total. The molecule has 1 atom stereocenters. The van der Waals surface area contributed by atoms with Crippen molar-refractivity contribution in [2.24, 2.45) is 11.7 Å². The van der Waals surface area contributed by atoms with Crippen molar-refractivity contribution in [3.63, 3.8) is 0 Å². The molecule has 0 saturated carbocycles. The Balaban J connectivity index is 2.24. The Bertz CT molecular complexity index is 533. The van der Waals surface area contributed by atoms with E-state index in [2.05, 4.69) is 5.32 Å². The van der Waals surface area contributed by atoms with Crippen LogP contribution < -0.4 is 20.5 Å². The van der Waals surface area contributed by atoms with E-state index in [9.17, 15) is 4.79 Å². The fourth-order valence-corrected chi connectivity index (χ4v) is 2.13. The number of carbonyl (C=O) groups is 1. The molecule has 20 heavy (non-hydrogen) atoms. The summed E-state index contributed by atoms with van der Waals surface area (Å²) in [6.07, 6.45) is 0. The van der Waals surface area contributed by atoms with Gasteiger partial charge in [-0.15, -0.1) is 0 Å². The molecule has 1 aromatic carbocycles. The lowest BCUT2D eigenvalue weighted by Gasteiger charge is -2.33. The number of carbonyl (C=O) groups excluding carboxylic acids is 1. The van der Waals surface area contributed by atoms with Gasteiger partial charge in [0, 0.05) is 12.1 Å². The molecule has 1 aromatic rings. The van der Waals surface area contributed by atoms with Crippen molar-refractivity contribution in [2.45, 2.75) is 26.3 Å². The summed E-state index contributed by atoms with van der Waals surface area (Å²) < 4.78 is 10.5. The number of ether oxygens (including phenoxy) is 2. The van der Waals surface area contributed by atoms with E-state index in [1.807, 2.05) is 20.8 Å². The number of benzene rings is 1. The average Bonchev–Trinajstić information content (AvgIpc) is 2.87. The quantitative estimate of drug-likeness (QED) is 0.893. The lowest BCUT2D eigenvalue weighted by atomic mass is 9.88. The van der Waals surface area contributed by atoms with Gasteiger partial charge >= 0.3 is 0 Å². The van der Waals surface area contributed by atoms with Crippen LogP contribution in [-0.4, -0.2) is 24.8 Å². The van der Waals surface area contributed by atoms with Crippen LogP contribution in [0.25, 0.3) is 0 Å². The van der Waals surface area contributed by atoms with Crippen molar-refractivity contribution < 1.29 is 14.3 Å². The van der Waals surface area contributed by atoms with Crippen molar-refractivity contribution in [1.82, 2.24) is 5.32 Å². The van der Waals surface area contributed by atoms with Crippen LogP contribution in [0.15, 0.2) is 12.1 Å². The highest BCUT2D eigenvalue weighted by molar-refractivity contribution is 6.32. The third-order valence-corrected chi connectivity index (χ3v) is 4.07. The molecule has 1 aliphatic rings. The monoisotopic (exact) mass is 298 g/mol. The van der Waals surface area contributed by atoms with Crippen LogP contribution in [0.2, 0.25) is 5.02 Å². The van der Waals surface area contributed by atoms with Crippen molar-refractivity contribution in [2.75, 3.05) is 13.3 Å². The Morgan fingerprint density at radius 1 is 1.50 bits per heavy atom. The molecule has 0 spiro atoms. The number of hydrogen-bond acceptors (Lipinski definition) is 4. The molecule has 0 fully saturated rings. The zero-order valence-corrected chi connectivity index (χ0v) is 12.6. The first-order valence-electron chi connectivity index (χ1n) is 6.49. The molecule has 110 valence electrons. The van der Waals surface area contributed by atoms with Gasteiger partial charge < -0.3 is 20.5 Å². The molecule has 0 radical (unpaired) electrons. The van der Waals surface area contributed by atoms with Gasteiger partial charge in [0.15, 0.2) is 11.5 Å². The van der Waals surface area contributed by atoms with Gasteiger partial charge in [-0.2, -0.15) is 0 Å². The van der Waals surface area contributed by atoms with E-state index in [0.29, 0.717) is 28.6 Å². The maximum absolute atomic E-state index is 12.4. The first kappa shape index (κ1) is 14.9. The predicted molar refractivity (Wildman–Crippen MR) is 77.3 cm³/mol. The summed E-state index contributed by atoms with van der Waals surface area (Å²) in [6.45, 7) is 6.42. The molecular weight excluding hydrogens is 280 g/mol. The van der Waals surface area contributed by atoms with Crippen molar-refractivity contribution in [3.05, 3.63) is 22.7 Å². The van der Waals surface area contributed by atoms with Crippen LogP contribution in [0.3, 0.4) is 0 Å². The molecule has 1 amide bonds. The molecule has 0 bridgehead atoms. The lowest BCUT2D eigenvalue weighted by molar-refractivity contribution is 0.0883. The molecule has 1 unspecified atom stereocenters. The van der Waals surface area contributed by atoms with Gasteiger partial charge in [-0.25, -0.2) is 0 Å². The Kier molecular flexibility index (Phi) is 4.11. The molecule has 6 heteroatoms. The predicted octanol–water partition coefficient (Wildman–Crippen LogP) is 2.17. The van der Waals surface area contributed by atoms with E-state index in [1.165, 1.54) is 0 Å². The highest BCUT2D eigenvalue weighted by atomic mass is 35.5. The van der Waals surface area contributed by atoms with Gasteiger partial charge in [0.25, 0.3) is 5.91 Å². The second-order valence-electron chi connectivity index (χ2n) is 5.42. The van der Waals surface area contributed by atoms with E-state index in [4.69, 9.17) is 26.8 Å². The van der Waals surface area contributed by atoms with Gasteiger partial charge in [0.1, 0.15) is 0 Å². The maximum Gasteiger partial charge on any atom is 0.251 e. The summed E-state index contributed by atoms with van der Waals surface area (Å²) in [5.41, 5.74) is 5.73. The van der Waals surface area contributed by atoms with Gasteiger partial charge in [0.2, 0.25) is 6.79 Å². The smallest absolute Gasteiger partial charge is 0.251 e. The highest BCUT2D eigenvalue weighted by Crippen LogP contribution is 2.39. The maximum atomic E-state index is 12.4. The number of rotatable bonds is 4. The van der Waals surface area contributed by atoms with Gasteiger partial charge in [0.05, 0.1) is 10.6 Å². The van der Waals surface area contributed by atoms with Crippen LogP contribution in [-0.2, 0) is 0 Å². The normalized spacial score (nSPS) is 16.1. The summed E-state index contributed by atoms with van der Waals surface area (Å²) in [5.74, 6) is 0.947.